The van der Waals surface area contributed by atoms with E-state index >= 15 is 0 Å². The molecule has 0 saturated carbocycles. The molecule has 1 aliphatic heterocycles. The van der Waals surface area contributed by atoms with E-state index in [9.17, 15) is 9.90 Å². The first-order chi connectivity index (χ1) is 14.1. The highest BCUT2D eigenvalue weighted by Crippen LogP contribution is 2.22. The standard InChI is InChI=1S/C22H23N5O2/c1-26-9-11-27(12-10-26)22(29)17-3-2-4-18(13-17)24-21-15-23-14-20(25-21)16-5-7-19(28)8-6-16/h2-8,13-15,28H,9-12H2,1H3,(H,24,25). The number of nitrogens with zero attached hydrogens (tertiary/aromatic N) is 4. The number of anilines is 2. The maximum atomic E-state index is 12.8. The molecule has 4 rings (SSSR count). The average Bonchev–Trinajstić information content (AvgIpc) is 2.75. The molecule has 0 spiro atoms. The molecule has 7 heteroatoms. The van der Waals surface area contributed by atoms with Gasteiger partial charge in [-0.05, 0) is 49.5 Å². The number of aromatic nitrogens is 2. The van der Waals surface area contributed by atoms with Crippen LogP contribution in [0, 0.1) is 0 Å². The lowest BCUT2D eigenvalue weighted by atomic mass is 10.1. The number of rotatable bonds is 4. The summed E-state index contributed by atoms with van der Waals surface area (Å²) in [5.74, 6) is 0.836. The maximum Gasteiger partial charge on any atom is 0.254 e. The summed E-state index contributed by atoms with van der Waals surface area (Å²) in [4.78, 5) is 25.8. The average molecular weight is 389 g/mol. The van der Waals surface area contributed by atoms with Gasteiger partial charge in [0.15, 0.2) is 0 Å². The van der Waals surface area contributed by atoms with Gasteiger partial charge >= 0.3 is 0 Å². The highest BCUT2D eigenvalue weighted by Gasteiger charge is 2.20. The molecule has 0 atom stereocenters. The van der Waals surface area contributed by atoms with Crippen LogP contribution >= 0.6 is 0 Å². The molecule has 1 fully saturated rings. The molecule has 3 aromatic rings. The van der Waals surface area contributed by atoms with Crippen molar-refractivity contribution in [1.29, 1.82) is 0 Å². The molecule has 0 radical (unpaired) electrons. The first-order valence-corrected chi connectivity index (χ1v) is 9.55. The third kappa shape index (κ3) is 4.52. The molecular formula is C22H23N5O2. The SMILES string of the molecule is CN1CCN(C(=O)c2cccc(Nc3cncc(-c4ccc(O)cc4)n3)c2)CC1. The maximum absolute atomic E-state index is 12.8. The first kappa shape index (κ1) is 18.9. The lowest BCUT2D eigenvalue weighted by Gasteiger charge is -2.32. The number of benzene rings is 2. The van der Waals surface area contributed by atoms with E-state index < -0.39 is 0 Å². The summed E-state index contributed by atoms with van der Waals surface area (Å²) in [6.07, 6.45) is 3.31. The Morgan fingerprint density at radius 1 is 1.03 bits per heavy atom. The Kier molecular flexibility index (Phi) is 5.39. The van der Waals surface area contributed by atoms with Crippen molar-refractivity contribution in [2.24, 2.45) is 0 Å². The first-order valence-electron chi connectivity index (χ1n) is 9.55. The Hall–Kier alpha value is -3.45. The number of hydrogen-bond donors (Lipinski definition) is 2. The third-order valence-electron chi connectivity index (χ3n) is 4.97. The molecule has 29 heavy (non-hydrogen) atoms. The molecule has 0 bridgehead atoms. The number of phenols is 1. The third-order valence-corrected chi connectivity index (χ3v) is 4.97. The fourth-order valence-electron chi connectivity index (χ4n) is 3.27. The van der Waals surface area contributed by atoms with Crippen molar-refractivity contribution in [1.82, 2.24) is 19.8 Å². The van der Waals surface area contributed by atoms with Gasteiger partial charge in [-0.25, -0.2) is 4.98 Å². The molecule has 1 amide bonds. The van der Waals surface area contributed by atoms with E-state index in [1.54, 1.807) is 36.7 Å². The topological polar surface area (TPSA) is 81.6 Å². The Bertz CT molecular complexity index is 998. The van der Waals surface area contributed by atoms with E-state index in [0.717, 1.165) is 37.4 Å². The largest absolute Gasteiger partial charge is 0.508 e. The Morgan fingerprint density at radius 2 is 1.79 bits per heavy atom. The molecule has 2 N–H and O–H groups in total. The number of piperazine rings is 1. The van der Waals surface area contributed by atoms with E-state index in [-0.39, 0.29) is 11.7 Å². The van der Waals surface area contributed by atoms with Crippen molar-refractivity contribution in [3.63, 3.8) is 0 Å². The summed E-state index contributed by atoms with van der Waals surface area (Å²) in [6, 6.07) is 14.3. The minimum atomic E-state index is 0.0469. The minimum Gasteiger partial charge on any atom is -0.508 e. The highest BCUT2D eigenvalue weighted by atomic mass is 16.3. The van der Waals surface area contributed by atoms with Gasteiger partial charge in [-0.3, -0.25) is 9.78 Å². The normalized spacial score (nSPS) is 14.6. The summed E-state index contributed by atoms with van der Waals surface area (Å²) in [5.41, 5.74) is 2.99. The Balaban J connectivity index is 1.50. The molecule has 2 aromatic carbocycles. The summed E-state index contributed by atoms with van der Waals surface area (Å²) >= 11 is 0. The zero-order valence-corrected chi connectivity index (χ0v) is 16.2. The smallest absolute Gasteiger partial charge is 0.254 e. The van der Waals surface area contributed by atoms with Crippen LogP contribution in [0.2, 0.25) is 0 Å². The van der Waals surface area contributed by atoms with Crippen LogP contribution in [0.15, 0.2) is 60.9 Å². The van der Waals surface area contributed by atoms with Gasteiger partial charge in [0.05, 0.1) is 18.1 Å². The van der Waals surface area contributed by atoms with E-state index in [1.165, 1.54) is 0 Å². The predicted octanol–water partition coefficient (Wildman–Crippen LogP) is 2.98. The van der Waals surface area contributed by atoms with Crippen molar-refractivity contribution in [2.45, 2.75) is 0 Å². The van der Waals surface area contributed by atoms with Gasteiger partial charge < -0.3 is 20.2 Å². The number of carbonyl (C=O) groups is 1. The van der Waals surface area contributed by atoms with Gasteiger partial charge in [0, 0.05) is 43.0 Å². The number of likely N-dealkylation sites (N-methyl/N-ethyl adjacent to an activating group) is 1. The molecule has 1 aromatic heterocycles. The molecule has 7 nitrogen and oxygen atoms in total. The van der Waals surface area contributed by atoms with E-state index in [1.807, 2.05) is 29.2 Å². The predicted molar refractivity (Wildman–Crippen MR) is 112 cm³/mol. The van der Waals surface area contributed by atoms with E-state index in [2.05, 4.69) is 27.2 Å². The Labute approximate surface area is 169 Å². The second-order valence-electron chi connectivity index (χ2n) is 7.14. The van der Waals surface area contributed by atoms with Crippen LogP contribution in [0.4, 0.5) is 11.5 Å². The molecule has 2 heterocycles. The van der Waals surface area contributed by atoms with E-state index in [4.69, 9.17) is 0 Å². The number of aromatic hydroxyl groups is 1. The van der Waals surface area contributed by atoms with Crippen molar-refractivity contribution < 1.29 is 9.90 Å². The van der Waals surface area contributed by atoms with Crippen LogP contribution in [0.25, 0.3) is 11.3 Å². The molecule has 0 aliphatic carbocycles. The van der Waals surface area contributed by atoms with Crippen LogP contribution < -0.4 is 5.32 Å². The molecular weight excluding hydrogens is 366 g/mol. The number of phenolic OH excluding ortho intramolecular Hbond substituents is 1. The van der Waals surface area contributed by atoms with Crippen molar-refractivity contribution in [3.8, 4) is 17.0 Å². The van der Waals surface area contributed by atoms with Crippen LogP contribution in [0.3, 0.4) is 0 Å². The van der Waals surface area contributed by atoms with Crippen LogP contribution in [-0.4, -0.2) is 64.0 Å². The van der Waals surface area contributed by atoms with Crippen molar-refractivity contribution in [3.05, 3.63) is 66.5 Å². The number of nitrogens with one attached hydrogen (secondary N) is 1. The van der Waals surface area contributed by atoms with Crippen LogP contribution in [0.5, 0.6) is 5.75 Å². The summed E-state index contributed by atoms with van der Waals surface area (Å²) in [6.45, 7) is 3.27. The molecule has 1 saturated heterocycles. The molecule has 148 valence electrons. The lowest BCUT2D eigenvalue weighted by Crippen LogP contribution is -2.47. The fourth-order valence-corrected chi connectivity index (χ4v) is 3.27. The monoisotopic (exact) mass is 389 g/mol. The summed E-state index contributed by atoms with van der Waals surface area (Å²) in [5, 5.41) is 12.7. The number of carbonyl (C=O) groups excluding carboxylic acids is 1. The van der Waals surface area contributed by atoms with Crippen molar-refractivity contribution in [2.75, 3.05) is 38.5 Å². The highest BCUT2D eigenvalue weighted by molar-refractivity contribution is 5.95. The lowest BCUT2D eigenvalue weighted by molar-refractivity contribution is 0.0664. The molecule has 0 unspecified atom stereocenters. The van der Waals surface area contributed by atoms with Gasteiger partial charge in [-0.2, -0.15) is 0 Å². The van der Waals surface area contributed by atoms with Gasteiger partial charge in [0.25, 0.3) is 5.91 Å². The number of hydrogen-bond acceptors (Lipinski definition) is 6. The number of amides is 1. The quantitative estimate of drug-likeness (QED) is 0.714. The van der Waals surface area contributed by atoms with Gasteiger partial charge in [-0.1, -0.05) is 6.07 Å². The van der Waals surface area contributed by atoms with E-state index in [0.29, 0.717) is 17.1 Å². The molecule has 1 aliphatic rings. The minimum absolute atomic E-state index is 0.0469. The van der Waals surface area contributed by atoms with Crippen LogP contribution in [-0.2, 0) is 0 Å². The van der Waals surface area contributed by atoms with Gasteiger partial charge in [0.1, 0.15) is 11.6 Å². The summed E-state index contributed by atoms with van der Waals surface area (Å²) in [7, 11) is 2.07. The van der Waals surface area contributed by atoms with Gasteiger partial charge in [-0.15, -0.1) is 0 Å². The van der Waals surface area contributed by atoms with Gasteiger partial charge in [0.2, 0.25) is 0 Å². The second kappa shape index (κ2) is 8.28. The Morgan fingerprint density at radius 3 is 2.55 bits per heavy atom. The second-order valence-corrected chi connectivity index (χ2v) is 7.14. The fraction of sp³-hybridized carbons (Fsp3) is 0.227. The zero-order chi connectivity index (χ0) is 20.2. The summed E-state index contributed by atoms with van der Waals surface area (Å²) < 4.78 is 0. The zero-order valence-electron chi connectivity index (χ0n) is 16.2. The van der Waals surface area contributed by atoms with Crippen LogP contribution in [0.1, 0.15) is 10.4 Å². The van der Waals surface area contributed by atoms with Crippen molar-refractivity contribution >= 4 is 17.4 Å².